The molecule has 0 aliphatic carbocycles. The van der Waals surface area contributed by atoms with Crippen LogP contribution in [0.5, 0.6) is 0 Å². The van der Waals surface area contributed by atoms with Crippen LogP contribution in [0.4, 0.5) is 5.69 Å². The molecule has 2 aromatic rings. The van der Waals surface area contributed by atoms with Gasteiger partial charge >= 0.3 is 0 Å². The molecule has 4 heteroatoms. The molecule has 1 aromatic carbocycles. The van der Waals surface area contributed by atoms with Crippen molar-refractivity contribution in [3.8, 4) is 0 Å². The predicted molar refractivity (Wildman–Crippen MR) is 62.9 cm³/mol. The average molecular weight is 219 g/mol. The Morgan fingerprint density at radius 3 is 2.73 bits per heavy atom. The zero-order valence-electron chi connectivity index (χ0n) is 8.77. The van der Waals surface area contributed by atoms with Crippen LogP contribution in [-0.4, -0.2) is 9.78 Å². The molecule has 0 spiro atoms. The lowest BCUT2D eigenvalue weighted by atomic mass is 10.3. The first-order valence-electron chi connectivity index (χ1n) is 4.69. The highest BCUT2D eigenvalue weighted by molar-refractivity contribution is 7.99. The van der Waals surface area contributed by atoms with E-state index < -0.39 is 0 Å². The van der Waals surface area contributed by atoms with Crippen molar-refractivity contribution in [2.75, 3.05) is 5.73 Å². The van der Waals surface area contributed by atoms with E-state index in [0.717, 1.165) is 21.3 Å². The van der Waals surface area contributed by atoms with Crippen LogP contribution in [0.25, 0.3) is 0 Å². The summed E-state index contributed by atoms with van der Waals surface area (Å²) in [5, 5.41) is 5.42. The van der Waals surface area contributed by atoms with Crippen molar-refractivity contribution < 1.29 is 0 Å². The van der Waals surface area contributed by atoms with Gasteiger partial charge < -0.3 is 5.73 Å². The smallest absolute Gasteiger partial charge is 0.0986 e. The second-order valence-electron chi connectivity index (χ2n) is 3.42. The van der Waals surface area contributed by atoms with E-state index in [1.165, 1.54) is 0 Å². The maximum absolute atomic E-state index is 5.72. The fourth-order valence-corrected chi connectivity index (χ4v) is 2.37. The molecule has 0 bridgehead atoms. The van der Waals surface area contributed by atoms with Crippen LogP contribution in [-0.2, 0) is 7.05 Å². The van der Waals surface area contributed by atoms with Crippen LogP contribution in [0.3, 0.4) is 0 Å². The first kappa shape index (κ1) is 10.1. The standard InChI is InChI=1S/C11H13N3S/c1-8-6-11(14(2)13-8)15-10-5-3-4-9(12)7-10/h3-7H,12H2,1-2H3. The Morgan fingerprint density at radius 2 is 2.13 bits per heavy atom. The van der Waals surface area contributed by atoms with Crippen molar-refractivity contribution in [2.24, 2.45) is 7.05 Å². The van der Waals surface area contributed by atoms with E-state index in [4.69, 9.17) is 5.73 Å². The van der Waals surface area contributed by atoms with Gasteiger partial charge in [-0.15, -0.1) is 0 Å². The highest BCUT2D eigenvalue weighted by atomic mass is 32.2. The third kappa shape index (κ3) is 2.33. The van der Waals surface area contributed by atoms with Gasteiger partial charge in [0.15, 0.2) is 0 Å². The van der Waals surface area contributed by atoms with Gasteiger partial charge in [0.05, 0.1) is 10.7 Å². The van der Waals surface area contributed by atoms with E-state index in [9.17, 15) is 0 Å². The van der Waals surface area contributed by atoms with E-state index in [-0.39, 0.29) is 0 Å². The normalized spacial score (nSPS) is 10.5. The Morgan fingerprint density at radius 1 is 1.33 bits per heavy atom. The van der Waals surface area contributed by atoms with Crippen molar-refractivity contribution in [3.63, 3.8) is 0 Å². The van der Waals surface area contributed by atoms with Gasteiger partial charge in [-0.05, 0) is 31.2 Å². The topological polar surface area (TPSA) is 43.8 Å². The molecule has 1 heterocycles. The number of rotatable bonds is 2. The van der Waals surface area contributed by atoms with Gasteiger partial charge in [-0.3, -0.25) is 4.68 Å². The molecule has 3 nitrogen and oxygen atoms in total. The molecule has 0 radical (unpaired) electrons. The Bertz CT molecular complexity index is 476. The minimum Gasteiger partial charge on any atom is -0.399 e. The number of aromatic nitrogens is 2. The Hall–Kier alpha value is -1.42. The second kappa shape index (κ2) is 3.98. The summed E-state index contributed by atoms with van der Waals surface area (Å²) in [4.78, 5) is 1.14. The average Bonchev–Trinajstić information content (AvgIpc) is 2.45. The summed E-state index contributed by atoms with van der Waals surface area (Å²) in [7, 11) is 1.95. The first-order valence-corrected chi connectivity index (χ1v) is 5.51. The van der Waals surface area contributed by atoms with E-state index in [0.29, 0.717) is 0 Å². The molecular formula is C11H13N3S. The molecule has 0 aliphatic heterocycles. The lowest BCUT2D eigenvalue weighted by Crippen LogP contribution is -1.92. The second-order valence-corrected chi connectivity index (χ2v) is 4.52. The summed E-state index contributed by atoms with van der Waals surface area (Å²) in [6.45, 7) is 1.99. The molecule has 0 fully saturated rings. The fraction of sp³-hybridized carbons (Fsp3) is 0.182. The summed E-state index contributed by atoms with van der Waals surface area (Å²) in [5.41, 5.74) is 7.54. The van der Waals surface area contributed by atoms with Gasteiger partial charge in [-0.25, -0.2) is 0 Å². The number of nitrogens with zero attached hydrogens (tertiary/aromatic N) is 2. The van der Waals surface area contributed by atoms with Crippen LogP contribution < -0.4 is 5.73 Å². The summed E-state index contributed by atoms with van der Waals surface area (Å²) in [5.74, 6) is 0. The number of hydrogen-bond donors (Lipinski definition) is 1. The lowest BCUT2D eigenvalue weighted by Gasteiger charge is -2.02. The van der Waals surface area contributed by atoms with E-state index >= 15 is 0 Å². The van der Waals surface area contributed by atoms with Crippen molar-refractivity contribution in [2.45, 2.75) is 16.8 Å². The third-order valence-electron chi connectivity index (χ3n) is 2.04. The van der Waals surface area contributed by atoms with Gasteiger partial charge in [-0.1, -0.05) is 17.8 Å². The molecule has 2 rings (SSSR count). The molecule has 0 atom stereocenters. The molecule has 15 heavy (non-hydrogen) atoms. The maximum Gasteiger partial charge on any atom is 0.0986 e. The van der Waals surface area contributed by atoms with E-state index in [1.54, 1.807) is 11.8 Å². The summed E-state index contributed by atoms with van der Waals surface area (Å²) >= 11 is 1.67. The van der Waals surface area contributed by atoms with Crippen molar-refractivity contribution in [1.29, 1.82) is 0 Å². The number of hydrogen-bond acceptors (Lipinski definition) is 3. The number of nitrogen functional groups attached to an aromatic ring is 1. The molecule has 0 saturated carbocycles. The van der Waals surface area contributed by atoms with Crippen molar-refractivity contribution in [1.82, 2.24) is 9.78 Å². The third-order valence-corrected chi connectivity index (χ3v) is 3.12. The molecule has 2 N–H and O–H groups in total. The van der Waals surface area contributed by atoms with Gasteiger partial charge in [-0.2, -0.15) is 5.10 Å². The van der Waals surface area contributed by atoms with Gasteiger partial charge in [0.1, 0.15) is 0 Å². The fourth-order valence-electron chi connectivity index (χ4n) is 1.38. The largest absolute Gasteiger partial charge is 0.399 e. The summed E-state index contributed by atoms with van der Waals surface area (Å²) in [6, 6.07) is 9.92. The highest BCUT2D eigenvalue weighted by Gasteiger charge is 2.03. The number of anilines is 1. The number of aryl methyl sites for hydroxylation is 2. The van der Waals surface area contributed by atoms with Crippen molar-refractivity contribution in [3.05, 3.63) is 36.0 Å². The maximum atomic E-state index is 5.72. The zero-order valence-corrected chi connectivity index (χ0v) is 9.58. The number of nitrogens with two attached hydrogens (primary N) is 1. The Kier molecular flexibility index (Phi) is 2.68. The minimum absolute atomic E-state index is 0.791. The van der Waals surface area contributed by atoms with Crippen LogP contribution in [0.1, 0.15) is 5.69 Å². The lowest BCUT2D eigenvalue weighted by molar-refractivity contribution is 0.692. The highest BCUT2D eigenvalue weighted by Crippen LogP contribution is 2.28. The van der Waals surface area contributed by atoms with Crippen LogP contribution in [0.15, 0.2) is 40.3 Å². The number of benzene rings is 1. The summed E-state index contributed by atoms with van der Waals surface area (Å²) in [6.07, 6.45) is 0. The molecule has 0 saturated heterocycles. The molecule has 0 unspecified atom stereocenters. The summed E-state index contributed by atoms with van der Waals surface area (Å²) < 4.78 is 1.88. The van der Waals surface area contributed by atoms with Gasteiger partial charge in [0, 0.05) is 17.6 Å². The SMILES string of the molecule is Cc1cc(Sc2cccc(N)c2)n(C)n1. The quantitative estimate of drug-likeness (QED) is 0.789. The Labute approximate surface area is 93.3 Å². The van der Waals surface area contributed by atoms with Crippen molar-refractivity contribution >= 4 is 17.4 Å². The molecule has 78 valence electrons. The van der Waals surface area contributed by atoms with E-state index in [2.05, 4.69) is 11.2 Å². The van der Waals surface area contributed by atoms with Gasteiger partial charge in [0.2, 0.25) is 0 Å². The first-order chi connectivity index (χ1) is 7.15. The minimum atomic E-state index is 0.791. The van der Waals surface area contributed by atoms with Crippen LogP contribution in [0, 0.1) is 6.92 Å². The van der Waals surface area contributed by atoms with Crippen LogP contribution in [0.2, 0.25) is 0 Å². The van der Waals surface area contributed by atoms with E-state index in [1.807, 2.05) is 42.9 Å². The molecule has 0 aliphatic rings. The van der Waals surface area contributed by atoms with Gasteiger partial charge in [0.25, 0.3) is 0 Å². The predicted octanol–water partition coefficient (Wildman–Crippen LogP) is 2.46. The molecule has 1 aromatic heterocycles. The zero-order chi connectivity index (χ0) is 10.8. The van der Waals surface area contributed by atoms with Crippen LogP contribution >= 0.6 is 11.8 Å². The Balaban J connectivity index is 2.25. The molecule has 0 amide bonds. The monoisotopic (exact) mass is 219 g/mol. The molecular weight excluding hydrogens is 206 g/mol.